The van der Waals surface area contributed by atoms with Crippen LogP contribution in [0.25, 0.3) is 0 Å². The van der Waals surface area contributed by atoms with Crippen molar-refractivity contribution >= 4 is 42.4 Å². The molecular weight excluding hydrogens is 532 g/mol. The number of benzene rings is 5. The molecular formula is C38H35NP2. The predicted molar refractivity (Wildman–Crippen MR) is 181 cm³/mol. The first-order valence-corrected chi connectivity index (χ1v) is 16.8. The minimum Gasteiger partial charge on any atom is -0.301 e. The van der Waals surface area contributed by atoms with E-state index in [1.54, 1.807) is 0 Å². The van der Waals surface area contributed by atoms with Crippen molar-refractivity contribution in [1.29, 1.82) is 0 Å². The Morgan fingerprint density at radius 1 is 0.512 bits per heavy atom. The summed E-state index contributed by atoms with van der Waals surface area (Å²) in [5.41, 5.74) is 1.41. The van der Waals surface area contributed by atoms with Crippen LogP contribution in [0.4, 0.5) is 0 Å². The van der Waals surface area contributed by atoms with E-state index in [0.717, 1.165) is 0 Å². The molecule has 1 aliphatic rings. The Labute approximate surface area is 247 Å². The molecule has 6 rings (SSSR count). The smallest absolute Gasteiger partial charge is 0.0452 e. The van der Waals surface area contributed by atoms with Gasteiger partial charge in [0.05, 0.1) is 0 Å². The Balaban J connectivity index is 1.48. The van der Waals surface area contributed by atoms with Crippen LogP contribution in [0, 0.1) is 5.92 Å². The Morgan fingerprint density at radius 3 is 1.39 bits per heavy atom. The van der Waals surface area contributed by atoms with Gasteiger partial charge in [-0.25, -0.2) is 0 Å². The first-order chi connectivity index (χ1) is 20.2. The third-order valence-electron chi connectivity index (χ3n) is 7.64. The summed E-state index contributed by atoms with van der Waals surface area (Å²) in [4.78, 5) is 2.43. The van der Waals surface area contributed by atoms with Gasteiger partial charge in [-0.15, -0.1) is 0 Å². The van der Waals surface area contributed by atoms with Crippen molar-refractivity contribution in [2.75, 3.05) is 14.1 Å². The average Bonchev–Trinajstić information content (AvgIpc) is 3.49. The zero-order valence-corrected chi connectivity index (χ0v) is 25.4. The fourth-order valence-electron chi connectivity index (χ4n) is 5.89. The molecule has 0 heterocycles. The second-order valence-corrected chi connectivity index (χ2v) is 14.9. The van der Waals surface area contributed by atoms with E-state index in [1.165, 1.54) is 37.4 Å². The molecule has 0 saturated heterocycles. The quantitative estimate of drug-likeness (QED) is 0.170. The molecule has 1 aliphatic carbocycles. The Hall–Kier alpha value is -3.60. The third-order valence-corrected chi connectivity index (χ3v) is 12.7. The summed E-state index contributed by atoms with van der Waals surface area (Å²) in [6.45, 7) is 0. The van der Waals surface area contributed by atoms with Crippen molar-refractivity contribution in [3.05, 3.63) is 175 Å². The molecule has 5 aromatic rings. The molecule has 2 unspecified atom stereocenters. The van der Waals surface area contributed by atoms with Crippen LogP contribution >= 0.6 is 15.8 Å². The number of hydrogen-bond acceptors (Lipinski definition) is 1. The van der Waals surface area contributed by atoms with E-state index in [2.05, 4.69) is 183 Å². The van der Waals surface area contributed by atoms with Crippen LogP contribution in [0.1, 0.15) is 11.6 Å². The molecule has 0 amide bonds. The zero-order chi connectivity index (χ0) is 28.0. The Bertz CT molecular complexity index is 1530. The number of hydrogen-bond donors (Lipinski definition) is 0. The summed E-state index contributed by atoms with van der Waals surface area (Å²) < 4.78 is 0. The lowest BCUT2D eigenvalue weighted by molar-refractivity contribution is 0.266. The highest BCUT2D eigenvalue weighted by molar-refractivity contribution is 7.80. The van der Waals surface area contributed by atoms with Crippen LogP contribution in [-0.4, -0.2) is 19.0 Å². The van der Waals surface area contributed by atoms with Crippen molar-refractivity contribution in [3.63, 3.8) is 0 Å². The predicted octanol–water partition coefficient (Wildman–Crippen LogP) is 7.25. The first-order valence-electron chi connectivity index (χ1n) is 14.2. The number of nitrogens with zero attached hydrogens (tertiary/aromatic N) is 1. The summed E-state index contributed by atoms with van der Waals surface area (Å²) in [7, 11) is 3.09. The van der Waals surface area contributed by atoms with E-state index in [1.807, 2.05) is 0 Å². The lowest BCUT2D eigenvalue weighted by Gasteiger charge is -2.36. The van der Waals surface area contributed by atoms with Gasteiger partial charge in [0.1, 0.15) is 0 Å². The van der Waals surface area contributed by atoms with Crippen LogP contribution in [-0.2, 0) is 0 Å². The van der Waals surface area contributed by atoms with Crippen LogP contribution < -0.4 is 26.5 Å². The minimum absolute atomic E-state index is 0.200. The van der Waals surface area contributed by atoms with Gasteiger partial charge in [-0.2, -0.15) is 0 Å². The van der Waals surface area contributed by atoms with Gasteiger partial charge in [-0.05, 0) is 67.3 Å². The van der Waals surface area contributed by atoms with Crippen LogP contribution in [0.15, 0.2) is 169 Å². The van der Waals surface area contributed by atoms with E-state index in [-0.39, 0.29) is 12.0 Å². The Morgan fingerprint density at radius 2 is 0.927 bits per heavy atom. The van der Waals surface area contributed by atoms with Crippen molar-refractivity contribution in [1.82, 2.24) is 4.90 Å². The maximum Gasteiger partial charge on any atom is 0.0452 e. The fraction of sp³-hybridized carbons (Fsp3) is 0.105. The molecule has 0 aromatic heterocycles. The van der Waals surface area contributed by atoms with Crippen molar-refractivity contribution in [3.8, 4) is 0 Å². The zero-order valence-electron chi connectivity index (χ0n) is 23.6. The van der Waals surface area contributed by atoms with Crippen LogP contribution in [0.2, 0.25) is 0 Å². The van der Waals surface area contributed by atoms with Gasteiger partial charge < -0.3 is 4.90 Å². The van der Waals surface area contributed by atoms with E-state index in [9.17, 15) is 0 Å². The average molecular weight is 568 g/mol. The van der Waals surface area contributed by atoms with Gasteiger partial charge in [0.15, 0.2) is 0 Å². The highest BCUT2D eigenvalue weighted by Crippen LogP contribution is 2.53. The second kappa shape index (κ2) is 12.9. The second-order valence-electron chi connectivity index (χ2n) is 10.5. The molecule has 0 N–H and O–H groups in total. The van der Waals surface area contributed by atoms with Gasteiger partial charge >= 0.3 is 0 Å². The molecule has 0 aliphatic heterocycles. The highest BCUT2D eigenvalue weighted by Gasteiger charge is 2.35. The summed E-state index contributed by atoms with van der Waals surface area (Å²) in [5, 5.41) is 8.50. The van der Waals surface area contributed by atoms with Crippen molar-refractivity contribution < 1.29 is 0 Å². The van der Waals surface area contributed by atoms with Crippen molar-refractivity contribution in [2.45, 2.75) is 6.04 Å². The van der Waals surface area contributed by atoms with Gasteiger partial charge in [0, 0.05) is 12.0 Å². The summed E-state index contributed by atoms with van der Waals surface area (Å²) in [6, 6.07) is 53.7. The summed E-state index contributed by atoms with van der Waals surface area (Å²) in [5.74, 6) is 0.265. The minimum atomic E-state index is -0.721. The Kier molecular flexibility index (Phi) is 8.69. The lowest BCUT2D eigenvalue weighted by atomic mass is 9.93. The largest absolute Gasteiger partial charge is 0.301 e. The van der Waals surface area contributed by atoms with Crippen LogP contribution in [0.3, 0.4) is 0 Å². The SMILES string of the molecule is CN(C)C(c1ccccc1P(c1ccccc1)c1ccccc1)C1C=CC=C1P(c1ccccc1)c1ccccc1. The number of rotatable bonds is 9. The van der Waals surface area contributed by atoms with Gasteiger partial charge in [0.25, 0.3) is 0 Å². The molecule has 2 atom stereocenters. The number of allylic oxidation sites excluding steroid dienone is 2. The maximum absolute atomic E-state index is 2.44. The fourth-order valence-corrected chi connectivity index (χ4v) is 11.0. The molecule has 41 heavy (non-hydrogen) atoms. The van der Waals surface area contributed by atoms with E-state index in [4.69, 9.17) is 0 Å². The summed E-state index contributed by atoms with van der Waals surface area (Å²) >= 11 is 0. The standard InChI is InChI=1S/C38H35NP2/c1-39(2)38(35-27-17-29-37(35)41(32-22-11-5-12-23-32)33-24-13-6-14-25-33)34-26-15-16-28-36(34)40(30-18-7-3-8-19-30)31-20-9-4-10-21-31/h3-29,35,38H,1-2H3. The lowest BCUT2D eigenvalue weighted by Crippen LogP contribution is -2.33. The molecule has 0 bridgehead atoms. The van der Waals surface area contributed by atoms with E-state index in [0.29, 0.717) is 0 Å². The van der Waals surface area contributed by atoms with Crippen molar-refractivity contribution in [2.24, 2.45) is 5.92 Å². The maximum atomic E-state index is 2.44. The topological polar surface area (TPSA) is 3.24 Å². The monoisotopic (exact) mass is 567 g/mol. The molecule has 0 saturated carbocycles. The molecule has 0 fully saturated rings. The van der Waals surface area contributed by atoms with Gasteiger partial charge in [0.2, 0.25) is 0 Å². The highest BCUT2D eigenvalue weighted by atomic mass is 31.1. The van der Waals surface area contributed by atoms with Gasteiger partial charge in [-0.1, -0.05) is 164 Å². The van der Waals surface area contributed by atoms with Crippen LogP contribution in [0.5, 0.6) is 0 Å². The molecule has 5 aromatic carbocycles. The first kappa shape index (κ1) is 27.6. The van der Waals surface area contributed by atoms with E-state index >= 15 is 0 Å². The normalized spacial score (nSPS) is 15.4. The molecule has 3 heteroatoms. The van der Waals surface area contributed by atoms with E-state index < -0.39 is 15.8 Å². The molecule has 1 nitrogen and oxygen atoms in total. The third kappa shape index (κ3) is 5.91. The summed E-state index contributed by atoms with van der Waals surface area (Å²) in [6.07, 6.45) is 7.12. The molecule has 202 valence electrons. The van der Waals surface area contributed by atoms with Gasteiger partial charge in [-0.3, -0.25) is 0 Å². The molecule has 0 radical (unpaired) electrons. The molecule has 0 spiro atoms.